The van der Waals surface area contributed by atoms with E-state index in [2.05, 4.69) is 38.5 Å². The summed E-state index contributed by atoms with van der Waals surface area (Å²) in [6, 6.07) is 11.8. The monoisotopic (exact) mass is 466 g/mol. The van der Waals surface area contributed by atoms with Gasteiger partial charge in [0.2, 0.25) is 0 Å². The molecule has 0 heterocycles. The second kappa shape index (κ2) is 7.00. The third-order valence-electron chi connectivity index (χ3n) is 2.93. The number of ether oxygens (including phenoxy) is 2. The SMILES string of the molecule is COc1ccc(C(Br)c2cc(Cl)ccc2I)cc1OC. The Morgan fingerprint density at radius 2 is 1.75 bits per heavy atom. The first kappa shape index (κ1) is 15.9. The summed E-state index contributed by atoms with van der Waals surface area (Å²) in [7, 11) is 3.26. The van der Waals surface area contributed by atoms with E-state index in [4.69, 9.17) is 21.1 Å². The van der Waals surface area contributed by atoms with Gasteiger partial charge in [0.15, 0.2) is 11.5 Å². The van der Waals surface area contributed by atoms with Crippen LogP contribution in [0.4, 0.5) is 0 Å². The van der Waals surface area contributed by atoms with Crippen molar-refractivity contribution in [1.29, 1.82) is 0 Å². The number of methoxy groups -OCH3 is 2. The lowest BCUT2D eigenvalue weighted by Gasteiger charge is -2.15. The van der Waals surface area contributed by atoms with E-state index in [0.717, 1.165) is 25.5 Å². The fourth-order valence-corrected chi connectivity index (χ4v) is 3.82. The Bertz CT molecular complexity index is 619. The molecule has 0 fully saturated rings. The summed E-state index contributed by atoms with van der Waals surface area (Å²) in [5.41, 5.74) is 2.22. The fraction of sp³-hybridized carbons (Fsp3) is 0.200. The lowest BCUT2D eigenvalue weighted by Crippen LogP contribution is -1.98. The maximum absolute atomic E-state index is 6.09. The van der Waals surface area contributed by atoms with Crippen molar-refractivity contribution in [2.24, 2.45) is 0 Å². The molecule has 0 aliphatic carbocycles. The largest absolute Gasteiger partial charge is 0.493 e. The van der Waals surface area contributed by atoms with Crippen LogP contribution in [0.5, 0.6) is 11.5 Å². The predicted octanol–water partition coefficient (Wildman–Crippen LogP) is 5.45. The first-order valence-electron chi connectivity index (χ1n) is 5.87. The quantitative estimate of drug-likeness (QED) is 0.440. The van der Waals surface area contributed by atoms with Crippen molar-refractivity contribution in [2.75, 3.05) is 14.2 Å². The van der Waals surface area contributed by atoms with Gasteiger partial charge in [-0.1, -0.05) is 33.6 Å². The maximum Gasteiger partial charge on any atom is 0.161 e. The van der Waals surface area contributed by atoms with Gasteiger partial charge in [0, 0.05) is 8.59 Å². The summed E-state index contributed by atoms with van der Waals surface area (Å²) in [6.45, 7) is 0. The van der Waals surface area contributed by atoms with Crippen molar-refractivity contribution in [3.63, 3.8) is 0 Å². The van der Waals surface area contributed by atoms with E-state index in [-0.39, 0.29) is 4.83 Å². The van der Waals surface area contributed by atoms with E-state index < -0.39 is 0 Å². The lowest BCUT2D eigenvalue weighted by molar-refractivity contribution is 0.354. The van der Waals surface area contributed by atoms with Gasteiger partial charge in [0.1, 0.15) is 0 Å². The number of benzene rings is 2. The first-order chi connectivity index (χ1) is 9.56. The molecule has 1 unspecified atom stereocenters. The van der Waals surface area contributed by atoms with E-state index in [9.17, 15) is 0 Å². The highest BCUT2D eigenvalue weighted by molar-refractivity contribution is 14.1. The van der Waals surface area contributed by atoms with E-state index in [0.29, 0.717) is 5.75 Å². The summed E-state index contributed by atoms with van der Waals surface area (Å²) >= 11 is 12.1. The molecule has 0 aliphatic heterocycles. The predicted molar refractivity (Wildman–Crippen MR) is 94.5 cm³/mol. The van der Waals surface area contributed by atoms with Crippen LogP contribution in [0.1, 0.15) is 16.0 Å². The number of halogens is 3. The second-order valence-corrected chi connectivity index (χ2v) is 6.66. The zero-order chi connectivity index (χ0) is 14.7. The molecule has 0 spiro atoms. The summed E-state index contributed by atoms with van der Waals surface area (Å²) in [5.74, 6) is 1.43. The highest BCUT2D eigenvalue weighted by Gasteiger charge is 2.16. The molecule has 0 saturated carbocycles. The molecule has 106 valence electrons. The molecular weight excluding hydrogens is 454 g/mol. The first-order valence-corrected chi connectivity index (χ1v) is 8.25. The molecule has 20 heavy (non-hydrogen) atoms. The summed E-state index contributed by atoms with van der Waals surface area (Å²) in [4.78, 5) is 0.0490. The van der Waals surface area contributed by atoms with E-state index in [1.807, 2.05) is 36.4 Å². The third-order valence-corrected chi connectivity index (χ3v) is 5.17. The minimum Gasteiger partial charge on any atom is -0.493 e. The lowest BCUT2D eigenvalue weighted by atomic mass is 10.0. The van der Waals surface area contributed by atoms with Crippen LogP contribution in [0.3, 0.4) is 0 Å². The van der Waals surface area contributed by atoms with Crippen LogP contribution in [0.2, 0.25) is 5.02 Å². The molecule has 2 aromatic carbocycles. The normalized spacial score (nSPS) is 12.1. The number of hydrogen-bond donors (Lipinski definition) is 0. The Kier molecular flexibility index (Phi) is 5.57. The van der Waals surface area contributed by atoms with Gasteiger partial charge >= 0.3 is 0 Å². The topological polar surface area (TPSA) is 18.5 Å². The zero-order valence-corrected chi connectivity index (χ0v) is 15.5. The average Bonchev–Trinajstić information content (AvgIpc) is 2.48. The molecular formula is C15H13BrClIO2. The molecule has 2 aromatic rings. The maximum atomic E-state index is 6.09. The Hall–Kier alpha value is -0.460. The fourth-order valence-electron chi connectivity index (χ4n) is 1.90. The molecule has 2 rings (SSSR count). The van der Waals surface area contributed by atoms with Crippen LogP contribution in [0, 0.1) is 3.57 Å². The smallest absolute Gasteiger partial charge is 0.161 e. The molecule has 0 amide bonds. The second-order valence-electron chi connectivity index (χ2n) is 4.14. The van der Waals surface area contributed by atoms with Crippen LogP contribution in [0.25, 0.3) is 0 Å². The minimum absolute atomic E-state index is 0.0490. The third kappa shape index (κ3) is 3.40. The van der Waals surface area contributed by atoms with Gasteiger partial charge in [-0.25, -0.2) is 0 Å². The van der Waals surface area contributed by atoms with Crippen LogP contribution in [0.15, 0.2) is 36.4 Å². The zero-order valence-electron chi connectivity index (χ0n) is 11.0. The summed E-state index contributed by atoms with van der Waals surface area (Å²) < 4.78 is 11.8. The van der Waals surface area contributed by atoms with Crippen molar-refractivity contribution in [3.05, 3.63) is 56.1 Å². The van der Waals surface area contributed by atoms with Gasteiger partial charge in [-0.05, 0) is 64.0 Å². The molecule has 5 heteroatoms. The molecule has 0 aliphatic rings. The van der Waals surface area contributed by atoms with E-state index in [1.54, 1.807) is 14.2 Å². The van der Waals surface area contributed by atoms with Crippen molar-refractivity contribution < 1.29 is 9.47 Å². The van der Waals surface area contributed by atoms with Gasteiger partial charge in [-0.15, -0.1) is 0 Å². The Morgan fingerprint density at radius 1 is 1.05 bits per heavy atom. The van der Waals surface area contributed by atoms with Crippen molar-refractivity contribution in [3.8, 4) is 11.5 Å². The van der Waals surface area contributed by atoms with Crippen molar-refractivity contribution in [2.45, 2.75) is 4.83 Å². The van der Waals surface area contributed by atoms with Gasteiger partial charge in [-0.3, -0.25) is 0 Å². The van der Waals surface area contributed by atoms with Crippen LogP contribution in [-0.4, -0.2) is 14.2 Å². The van der Waals surface area contributed by atoms with Crippen molar-refractivity contribution in [1.82, 2.24) is 0 Å². The number of alkyl halides is 1. The molecule has 0 N–H and O–H groups in total. The molecule has 0 aromatic heterocycles. The van der Waals surface area contributed by atoms with Gasteiger partial charge in [-0.2, -0.15) is 0 Å². The van der Waals surface area contributed by atoms with Crippen LogP contribution in [-0.2, 0) is 0 Å². The minimum atomic E-state index is 0.0490. The molecule has 1 atom stereocenters. The Morgan fingerprint density at radius 3 is 2.40 bits per heavy atom. The van der Waals surface area contributed by atoms with Gasteiger partial charge in [0.25, 0.3) is 0 Å². The summed E-state index contributed by atoms with van der Waals surface area (Å²) in [6.07, 6.45) is 0. The van der Waals surface area contributed by atoms with Gasteiger partial charge in [0.05, 0.1) is 19.0 Å². The van der Waals surface area contributed by atoms with Gasteiger partial charge < -0.3 is 9.47 Å². The average molecular weight is 468 g/mol. The van der Waals surface area contributed by atoms with E-state index >= 15 is 0 Å². The standard InChI is InChI=1S/C15H13BrClIO2/c1-19-13-6-3-9(7-14(13)20-2)15(16)11-8-10(17)4-5-12(11)18/h3-8,15H,1-2H3. The number of hydrogen-bond acceptors (Lipinski definition) is 2. The van der Waals surface area contributed by atoms with Crippen LogP contribution < -0.4 is 9.47 Å². The highest BCUT2D eigenvalue weighted by atomic mass is 127. The van der Waals surface area contributed by atoms with E-state index in [1.165, 1.54) is 0 Å². The van der Waals surface area contributed by atoms with Crippen LogP contribution >= 0.6 is 50.1 Å². The van der Waals surface area contributed by atoms with Crippen molar-refractivity contribution >= 4 is 50.1 Å². The number of rotatable bonds is 4. The highest BCUT2D eigenvalue weighted by Crippen LogP contribution is 2.38. The molecule has 0 saturated heterocycles. The summed E-state index contributed by atoms with van der Waals surface area (Å²) in [5, 5.41) is 0.727. The molecule has 0 radical (unpaired) electrons. The molecule has 2 nitrogen and oxygen atoms in total. The Balaban J connectivity index is 2.42. The molecule has 0 bridgehead atoms. The Labute approximate surface area is 145 Å².